The molecule has 0 saturated carbocycles. The largest absolute Gasteiger partial charge is 0.480 e. The molecule has 0 aromatic rings. The Bertz CT molecular complexity index is 180. The fraction of sp³-hybridized carbons (Fsp3) is 0.600. The first-order valence-electron chi connectivity index (χ1n) is 2.85. The Kier molecular flexibility index (Phi) is 1.48. The SMILES string of the molecule is CN1C[C@@H](C(=O)O)NC1=O. The molecule has 1 rings (SSSR count). The standard InChI is InChI=1S/C5H8N2O3/c1-7-2-3(4(8)9)6-5(7)10/h3H,2H2,1H3,(H,6,10)(H,8,9)/t3-/m0/s1. The zero-order valence-electron chi connectivity index (χ0n) is 5.50. The number of carboxylic acid groups (broad SMARTS) is 1. The van der Waals surface area contributed by atoms with Gasteiger partial charge in [-0.3, -0.25) is 0 Å². The summed E-state index contributed by atoms with van der Waals surface area (Å²) in [5.74, 6) is -0.988. The second-order valence-electron chi connectivity index (χ2n) is 2.22. The first-order valence-corrected chi connectivity index (χ1v) is 2.85. The summed E-state index contributed by atoms with van der Waals surface area (Å²) in [4.78, 5) is 22.2. The lowest BCUT2D eigenvalue weighted by molar-refractivity contribution is -0.138. The number of amides is 2. The van der Waals surface area contributed by atoms with Crippen LogP contribution in [0.5, 0.6) is 0 Å². The van der Waals surface area contributed by atoms with Crippen LogP contribution in [0.1, 0.15) is 0 Å². The molecule has 0 aromatic heterocycles. The molecule has 5 nitrogen and oxygen atoms in total. The van der Waals surface area contributed by atoms with Gasteiger partial charge in [0.15, 0.2) is 0 Å². The molecule has 0 bridgehead atoms. The average Bonchev–Trinajstić information content (AvgIpc) is 2.13. The van der Waals surface area contributed by atoms with Crippen molar-refractivity contribution >= 4 is 12.0 Å². The van der Waals surface area contributed by atoms with E-state index in [1.165, 1.54) is 4.90 Å². The van der Waals surface area contributed by atoms with Crippen molar-refractivity contribution in [3.8, 4) is 0 Å². The zero-order chi connectivity index (χ0) is 7.72. The number of aliphatic carboxylic acids is 1. The van der Waals surface area contributed by atoms with E-state index >= 15 is 0 Å². The van der Waals surface area contributed by atoms with E-state index < -0.39 is 12.0 Å². The number of likely N-dealkylation sites (N-methyl/N-ethyl adjacent to an activating group) is 1. The van der Waals surface area contributed by atoms with Crippen LogP contribution in [0.2, 0.25) is 0 Å². The highest BCUT2D eigenvalue weighted by Gasteiger charge is 2.30. The minimum Gasteiger partial charge on any atom is -0.480 e. The van der Waals surface area contributed by atoms with Gasteiger partial charge in [-0.1, -0.05) is 0 Å². The van der Waals surface area contributed by atoms with Crippen LogP contribution in [0.4, 0.5) is 4.79 Å². The van der Waals surface area contributed by atoms with Crippen LogP contribution in [0.15, 0.2) is 0 Å². The van der Waals surface area contributed by atoms with Crippen molar-refractivity contribution in [2.24, 2.45) is 0 Å². The highest BCUT2D eigenvalue weighted by molar-refractivity contribution is 5.86. The second-order valence-corrected chi connectivity index (χ2v) is 2.22. The average molecular weight is 144 g/mol. The molecule has 0 radical (unpaired) electrons. The predicted octanol–water partition coefficient (Wildman–Crippen LogP) is -0.905. The Balaban J connectivity index is 2.57. The van der Waals surface area contributed by atoms with Gasteiger partial charge in [0.1, 0.15) is 6.04 Å². The summed E-state index contributed by atoms with van der Waals surface area (Å²) < 4.78 is 0. The van der Waals surface area contributed by atoms with E-state index in [4.69, 9.17) is 5.11 Å². The third kappa shape index (κ3) is 1.02. The van der Waals surface area contributed by atoms with E-state index in [1.54, 1.807) is 7.05 Å². The quantitative estimate of drug-likeness (QED) is 0.500. The Morgan fingerprint density at radius 2 is 2.50 bits per heavy atom. The highest BCUT2D eigenvalue weighted by atomic mass is 16.4. The molecule has 1 aliphatic rings. The second kappa shape index (κ2) is 2.17. The van der Waals surface area contributed by atoms with Gasteiger partial charge in [-0.15, -0.1) is 0 Å². The van der Waals surface area contributed by atoms with Gasteiger partial charge in [0.05, 0.1) is 6.54 Å². The van der Waals surface area contributed by atoms with Crippen LogP contribution >= 0.6 is 0 Å². The van der Waals surface area contributed by atoms with Gasteiger partial charge in [0.2, 0.25) is 0 Å². The minimum absolute atomic E-state index is 0.244. The number of hydrogen-bond acceptors (Lipinski definition) is 2. The van der Waals surface area contributed by atoms with Crippen LogP contribution < -0.4 is 5.32 Å². The topological polar surface area (TPSA) is 69.6 Å². The maximum Gasteiger partial charge on any atom is 0.328 e. The normalized spacial score (nSPS) is 24.7. The van der Waals surface area contributed by atoms with Gasteiger partial charge in [0.25, 0.3) is 0 Å². The maximum absolute atomic E-state index is 10.6. The summed E-state index contributed by atoms with van der Waals surface area (Å²) in [6.07, 6.45) is 0. The van der Waals surface area contributed by atoms with Crippen molar-refractivity contribution in [1.29, 1.82) is 0 Å². The van der Waals surface area contributed by atoms with E-state index in [9.17, 15) is 9.59 Å². The maximum atomic E-state index is 10.6. The fourth-order valence-corrected chi connectivity index (χ4v) is 0.801. The Hall–Kier alpha value is -1.26. The van der Waals surface area contributed by atoms with E-state index in [0.29, 0.717) is 0 Å². The smallest absolute Gasteiger partial charge is 0.328 e. The molecule has 1 aliphatic heterocycles. The van der Waals surface area contributed by atoms with Crippen molar-refractivity contribution in [2.75, 3.05) is 13.6 Å². The third-order valence-corrected chi connectivity index (χ3v) is 1.40. The van der Waals surface area contributed by atoms with Crippen molar-refractivity contribution in [3.63, 3.8) is 0 Å². The van der Waals surface area contributed by atoms with E-state index in [-0.39, 0.29) is 12.6 Å². The van der Waals surface area contributed by atoms with Crippen molar-refractivity contribution in [3.05, 3.63) is 0 Å². The molecule has 1 atom stereocenters. The number of rotatable bonds is 1. The zero-order valence-corrected chi connectivity index (χ0v) is 5.50. The number of nitrogens with one attached hydrogen (secondary N) is 1. The summed E-state index contributed by atoms with van der Waals surface area (Å²) >= 11 is 0. The molecule has 1 heterocycles. The molecule has 2 N–H and O–H groups in total. The van der Waals surface area contributed by atoms with E-state index in [2.05, 4.69) is 5.32 Å². The highest BCUT2D eigenvalue weighted by Crippen LogP contribution is 1.99. The minimum atomic E-state index is -0.988. The molecule has 0 unspecified atom stereocenters. The lowest BCUT2D eigenvalue weighted by Crippen LogP contribution is -2.33. The molecular weight excluding hydrogens is 136 g/mol. The summed E-state index contributed by atoms with van der Waals surface area (Å²) in [7, 11) is 1.55. The van der Waals surface area contributed by atoms with Crippen molar-refractivity contribution in [2.45, 2.75) is 6.04 Å². The van der Waals surface area contributed by atoms with Crippen LogP contribution in [0.3, 0.4) is 0 Å². The molecule has 0 aromatic carbocycles. The molecule has 1 saturated heterocycles. The Morgan fingerprint density at radius 1 is 1.90 bits per heavy atom. The lowest BCUT2D eigenvalue weighted by Gasteiger charge is -2.02. The molecular formula is C5H8N2O3. The Morgan fingerprint density at radius 3 is 2.70 bits per heavy atom. The van der Waals surface area contributed by atoms with Crippen LogP contribution in [0.25, 0.3) is 0 Å². The van der Waals surface area contributed by atoms with Crippen LogP contribution in [-0.4, -0.2) is 41.6 Å². The summed E-state index contributed by atoms with van der Waals surface area (Å²) in [5.41, 5.74) is 0. The number of hydrogen-bond donors (Lipinski definition) is 2. The van der Waals surface area contributed by atoms with Gasteiger partial charge in [-0.2, -0.15) is 0 Å². The number of urea groups is 1. The third-order valence-electron chi connectivity index (χ3n) is 1.40. The van der Waals surface area contributed by atoms with Crippen LogP contribution in [-0.2, 0) is 4.79 Å². The fourth-order valence-electron chi connectivity index (χ4n) is 0.801. The number of carbonyl (C=O) groups excluding carboxylic acids is 1. The van der Waals surface area contributed by atoms with Crippen molar-refractivity contribution in [1.82, 2.24) is 10.2 Å². The summed E-state index contributed by atoms with van der Waals surface area (Å²) in [6, 6.07) is -1.06. The molecule has 2 amide bonds. The number of carboxylic acids is 1. The Labute approximate surface area is 57.6 Å². The lowest BCUT2D eigenvalue weighted by atomic mass is 10.3. The molecule has 0 spiro atoms. The summed E-state index contributed by atoms with van der Waals surface area (Å²) in [5, 5.41) is 10.7. The molecule has 1 fully saturated rings. The van der Waals surface area contributed by atoms with Gasteiger partial charge in [-0.05, 0) is 0 Å². The van der Waals surface area contributed by atoms with Gasteiger partial charge in [-0.25, -0.2) is 9.59 Å². The number of nitrogens with zero attached hydrogens (tertiary/aromatic N) is 1. The molecule has 10 heavy (non-hydrogen) atoms. The van der Waals surface area contributed by atoms with Gasteiger partial charge < -0.3 is 15.3 Å². The number of carbonyl (C=O) groups is 2. The first-order chi connectivity index (χ1) is 4.61. The molecule has 5 heteroatoms. The summed E-state index contributed by atoms with van der Waals surface area (Å²) in [6.45, 7) is 0.244. The monoisotopic (exact) mass is 144 g/mol. The predicted molar refractivity (Wildman–Crippen MR) is 32.6 cm³/mol. The van der Waals surface area contributed by atoms with E-state index in [0.717, 1.165) is 0 Å². The molecule has 0 aliphatic carbocycles. The van der Waals surface area contributed by atoms with Crippen LogP contribution in [0, 0.1) is 0 Å². The molecule has 56 valence electrons. The first kappa shape index (κ1) is 6.85. The van der Waals surface area contributed by atoms with Gasteiger partial charge >= 0.3 is 12.0 Å². The van der Waals surface area contributed by atoms with Crippen molar-refractivity contribution < 1.29 is 14.7 Å². The van der Waals surface area contributed by atoms with E-state index in [1.807, 2.05) is 0 Å². The van der Waals surface area contributed by atoms with Gasteiger partial charge in [0, 0.05) is 7.05 Å².